The van der Waals surface area contributed by atoms with E-state index in [4.69, 9.17) is 61.6 Å². The molecule has 4 aliphatic rings. The summed E-state index contributed by atoms with van der Waals surface area (Å²) in [4.78, 5) is 73.9. The normalized spacial score (nSPS) is 37.7. The molecule has 4 saturated heterocycles. The van der Waals surface area contributed by atoms with Gasteiger partial charge in [0.2, 0.25) is 0 Å². The van der Waals surface area contributed by atoms with Gasteiger partial charge in [-0.15, -0.1) is 0 Å². The molecule has 4 fully saturated rings. The number of hydrogen-bond acceptors (Lipinski definition) is 20. The smallest absolute Gasteiger partial charge is 0.303 e. The second-order valence-electron chi connectivity index (χ2n) is 13.8. The zero-order chi connectivity index (χ0) is 41.7. The quantitative estimate of drug-likeness (QED) is 0.238. The number of aliphatic hydroxyl groups excluding tert-OH is 1. The third kappa shape index (κ3) is 10.8. The van der Waals surface area contributed by atoms with Gasteiger partial charge in [0, 0.05) is 47.1 Å². The Morgan fingerprint density at radius 3 is 1.37 bits per heavy atom. The monoisotopic (exact) mass is 812 g/mol. The topological polar surface area (TPSA) is 243 Å². The molecule has 316 valence electrons. The molecule has 1 N–H and O–H groups in total. The minimum atomic E-state index is -1.86. The second kappa shape index (κ2) is 19.0. The summed E-state index contributed by atoms with van der Waals surface area (Å²) < 4.78 is 76.5. The first kappa shape index (κ1) is 43.8. The van der Waals surface area contributed by atoms with Crippen molar-refractivity contribution in [1.29, 1.82) is 0 Å². The molecule has 4 heterocycles. The van der Waals surface area contributed by atoms with Crippen molar-refractivity contribution >= 4 is 35.8 Å². The lowest BCUT2D eigenvalue weighted by Crippen LogP contribution is -2.68. The Labute approximate surface area is 327 Å². The summed E-state index contributed by atoms with van der Waals surface area (Å²) in [6.07, 6.45) is -22.1. The largest absolute Gasteiger partial charge is 0.456 e. The third-order valence-electron chi connectivity index (χ3n) is 9.22. The van der Waals surface area contributed by atoms with E-state index < -0.39 is 134 Å². The SMILES string of the molecule is CC(=O)O[C@@H]1[C@@H](OC(C)=O)[C@H](C)O[C@@H](O[C@@H]2[C@@H](O[C@@H]3O[C@@H](C)[C@H](OC(C)=O)[C@@H](OC(C)=O)[C@H]3OC(C)=O)[C@@H](O)O[C@@H]3COC(c4ccccc4)O[C@@H]23)[C@@H]1OC(C)=O. The van der Waals surface area contributed by atoms with Crippen LogP contribution in [0, 0.1) is 0 Å². The van der Waals surface area contributed by atoms with Gasteiger partial charge in [0.05, 0.1) is 18.8 Å². The summed E-state index contributed by atoms with van der Waals surface area (Å²) >= 11 is 0. The van der Waals surface area contributed by atoms with E-state index in [1.165, 1.54) is 13.8 Å². The molecule has 0 spiro atoms. The van der Waals surface area contributed by atoms with Crippen LogP contribution < -0.4 is 0 Å². The van der Waals surface area contributed by atoms with Crippen molar-refractivity contribution in [3.63, 3.8) is 0 Å². The van der Waals surface area contributed by atoms with Gasteiger partial charge in [-0.1, -0.05) is 30.3 Å². The maximum atomic E-state index is 12.5. The number of carbonyl (C=O) groups excluding carboxylic acids is 6. The first-order valence-electron chi connectivity index (χ1n) is 18.2. The van der Waals surface area contributed by atoms with Gasteiger partial charge in [-0.2, -0.15) is 0 Å². The van der Waals surface area contributed by atoms with Crippen LogP contribution in [-0.2, 0) is 90.3 Å². The van der Waals surface area contributed by atoms with Gasteiger partial charge in [0.15, 0.2) is 61.8 Å². The second-order valence-corrected chi connectivity index (χ2v) is 13.8. The molecule has 57 heavy (non-hydrogen) atoms. The van der Waals surface area contributed by atoms with Gasteiger partial charge < -0.3 is 66.7 Å². The van der Waals surface area contributed by atoms with Gasteiger partial charge in [0.1, 0.15) is 24.4 Å². The number of carbonyl (C=O) groups is 6. The van der Waals surface area contributed by atoms with Crippen molar-refractivity contribution in [2.45, 2.75) is 154 Å². The number of ether oxygens (including phenoxy) is 13. The lowest BCUT2D eigenvalue weighted by molar-refractivity contribution is -0.409. The van der Waals surface area contributed by atoms with Crippen LogP contribution >= 0.6 is 0 Å². The van der Waals surface area contributed by atoms with E-state index in [2.05, 4.69) is 0 Å². The van der Waals surface area contributed by atoms with Crippen LogP contribution in [0.25, 0.3) is 0 Å². The highest BCUT2D eigenvalue weighted by molar-refractivity contribution is 5.69. The average molecular weight is 813 g/mol. The fourth-order valence-electron chi connectivity index (χ4n) is 7.11. The van der Waals surface area contributed by atoms with Crippen molar-refractivity contribution in [2.75, 3.05) is 6.61 Å². The first-order chi connectivity index (χ1) is 26.9. The minimum absolute atomic E-state index is 0.126. The van der Waals surface area contributed by atoms with Crippen molar-refractivity contribution in [3.05, 3.63) is 35.9 Å². The Bertz CT molecular complexity index is 1600. The molecule has 0 aromatic heterocycles. The summed E-state index contributed by atoms with van der Waals surface area (Å²) in [5, 5.41) is 11.6. The Hall–Kier alpha value is -4.28. The highest BCUT2D eigenvalue weighted by atomic mass is 16.8. The van der Waals surface area contributed by atoms with E-state index in [0.29, 0.717) is 5.56 Å². The predicted octanol–water partition coefficient (Wildman–Crippen LogP) is 0.668. The van der Waals surface area contributed by atoms with Crippen LogP contribution in [0.3, 0.4) is 0 Å². The molecule has 1 aromatic carbocycles. The molecule has 4 aliphatic heterocycles. The Morgan fingerprint density at radius 2 is 0.930 bits per heavy atom. The summed E-state index contributed by atoms with van der Waals surface area (Å²) in [7, 11) is 0. The molecule has 16 atom stereocenters. The van der Waals surface area contributed by atoms with Crippen LogP contribution in [0.15, 0.2) is 30.3 Å². The number of esters is 6. The van der Waals surface area contributed by atoms with E-state index in [9.17, 15) is 33.9 Å². The van der Waals surface area contributed by atoms with E-state index in [0.717, 1.165) is 41.5 Å². The van der Waals surface area contributed by atoms with E-state index in [1.807, 2.05) is 0 Å². The van der Waals surface area contributed by atoms with Crippen molar-refractivity contribution in [3.8, 4) is 0 Å². The minimum Gasteiger partial charge on any atom is -0.456 e. The Balaban J connectivity index is 1.57. The van der Waals surface area contributed by atoms with E-state index >= 15 is 0 Å². The molecule has 0 bridgehead atoms. The standard InChI is InChI=1S/C37H48O20/c1-15-25(48-17(3)38)28(50-19(5)40)32(52-21(7)42)36(46-15)56-30-27-24(14-45-35(55-27)23-12-10-9-11-13-23)54-34(44)31(30)57-37-33(53-22(8)43)29(51-20(6)41)26(16(2)47-37)49-18(4)39/h9-13,15-16,24-37,44H,14H2,1-8H3/t15-,16-,24+,25-,26-,27+,28+,29+,30-,31+,32+,33+,34-,35?,36-,37-/m0/s1. The molecular weight excluding hydrogens is 764 g/mol. The van der Waals surface area contributed by atoms with Gasteiger partial charge >= 0.3 is 35.8 Å². The van der Waals surface area contributed by atoms with Crippen molar-refractivity contribution in [1.82, 2.24) is 0 Å². The number of fused-ring (bicyclic) bond motifs is 1. The summed E-state index contributed by atoms with van der Waals surface area (Å²) in [5.41, 5.74) is 0.609. The molecule has 1 unspecified atom stereocenters. The maximum absolute atomic E-state index is 12.5. The molecular formula is C37H48O20. The molecule has 0 amide bonds. The third-order valence-corrected chi connectivity index (χ3v) is 9.22. The van der Waals surface area contributed by atoms with Crippen LogP contribution in [-0.4, -0.2) is 140 Å². The fraction of sp³-hybridized carbons (Fsp3) is 0.676. The molecule has 0 radical (unpaired) electrons. The Kier molecular flexibility index (Phi) is 14.6. The zero-order valence-corrected chi connectivity index (χ0v) is 32.5. The van der Waals surface area contributed by atoms with Crippen LogP contribution in [0.2, 0.25) is 0 Å². The fourth-order valence-corrected chi connectivity index (χ4v) is 7.11. The predicted molar refractivity (Wildman–Crippen MR) is 183 cm³/mol. The number of benzene rings is 1. The highest BCUT2D eigenvalue weighted by Gasteiger charge is 2.59. The van der Waals surface area contributed by atoms with Crippen molar-refractivity contribution < 1.29 is 95.5 Å². The van der Waals surface area contributed by atoms with Gasteiger partial charge in [-0.25, -0.2) is 0 Å². The number of rotatable bonds is 11. The molecule has 5 rings (SSSR count). The lowest BCUT2D eigenvalue weighted by atomic mass is 9.95. The number of aliphatic hydroxyl groups is 1. The van der Waals surface area contributed by atoms with E-state index in [1.54, 1.807) is 30.3 Å². The van der Waals surface area contributed by atoms with Crippen LogP contribution in [0.1, 0.15) is 67.2 Å². The summed E-state index contributed by atoms with van der Waals surface area (Å²) in [5.74, 6) is -4.82. The molecule has 0 saturated carbocycles. The summed E-state index contributed by atoms with van der Waals surface area (Å²) in [6.45, 7) is 9.50. The van der Waals surface area contributed by atoms with Gasteiger partial charge in [-0.05, 0) is 13.8 Å². The Morgan fingerprint density at radius 1 is 0.526 bits per heavy atom. The molecule has 1 aromatic rings. The van der Waals surface area contributed by atoms with Gasteiger partial charge in [-0.3, -0.25) is 28.8 Å². The average Bonchev–Trinajstić information content (AvgIpc) is 3.11. The van der Waals surface area contributed by atoms with Crippen LogP contribution in [0.5, 0.6) is 0 Å². The van der Waals surface area contributed by atoms with Crippen LogP contribution in [0.4, 0.5) is 0 Å². The molecule has 0 aliphatic carbocycles. The lowest BCUT2D eigenvalue weighted by Gasteiger charge is -2.51. The first-order valence-corrected chi connectivity index (χ1v) is 18.2. The summed E-state index contributed by atoms with van der Waals surface area (Å²) in [6, 6.07) is 8.84. The number of hydrogen-bond donors (Lipinski definition) is 1. The molecule has 20 nitrogen and oxygen atoms in total. The highest BCUT2D eigenvalue weighted by Crippen LogP contribution is 2.40. The zero-order valence-electron chi connectivity index (χ0n) is 32.5. The maximum Gasteiger partial charge on any atom is 0.303 e. The van der Waals surface area contributed by atoms with Crippen molar-refractivity contribution in [2.24, 2.45) is 0 Å². The van der Waals surface area contributed by atoms with Gasteiger partial charge in [0.25, 0.3) is 0 Å². The van der Waals surface area contributed by atoms with E-state index in [-0.39, 0.29) is 6.61 Å². The molecule has 20 heteroatoms.